The third kappa shape index (κ3) is 8.91. The van der Waals surface area contributed by atoms with E-state index in [1.165, 1.54) is 18.4 Å². The van der Waals surface area contributed by atoms with E-state index >= 15 is 0 Å². The number of ether oxygens (including phenoxy) is 1. The zero-order valence-electron chi connectivity index (χ0n) is 21.4. The van der Waals surface area contributed by atoms with Gasteiger partial charge in [0.1, 0.15) is 11.9 Å². The standard InChI is InChI=1S/C28H37Cl2N3O2.2ClH/c1-2-24(19-32-13-3-4-14-32)35-27-18-23(30)9-10-25(27)21-11-15-33(16-12-21)28(34)26(31)17-20-5-7-22(29)8-6-20;;/h5-10,18,21,24,26H,2-4,11-17,19,31H2,1H3;2*1H/t24-,26+;;/m0../s1. The molecule has 0 aromatic heterocycles. The molecule has 2 aliphatic heterocycles. The van der Waals surface area contributed by atoms with Gasteiger partial charge >= 0.3 is 0 Å². The summed E-state index contributed by atoms with van der Waals surface area (Å²) in [6.07, 6.45) is 5.96. The number of piperidine rings is 1. The van der Waals surface area contributed by atoms with Crippen molar-refractivity contribution in [1.82, 2.24) is 9.80 Å². The van der Waals surface area contributed by atoms with E-state index in [-0.39, 0.29) is 36.8 Å². The van der Waals surface area contributed by atoms with Gasteiger partial charge in [-0.25, -0.2) is 0 Å². The first-order valence-electron chi connectivity index (χ1n) is 12.9. The number of hydrogen-bond acceptors (Lipinski definition) is 4. The summed E-state index contributed by atoms with van der Waals surface area (Å²) in [4.78, 5) is 17.4. The Hall–Kier alpha value is -1.21. The maximum Gasteiger partial charge on any atom is 0.239 e. The van der Waals surface area contributed by atoms with Gasteiger partial charge in [-0.05, 0) is 92.9 Å². The van der Waals surface area contributed by atoms with Crippen molar-refractivity contribution in [3.8, 4) is 5.75 Å². The lowest BCUT2D eigenvalue weighted by Crippen LogP contribution is -2.47. The molecule has 2 fully saturated rings. The van der Waals surface area contributed by atoms with Crippen molar-refractivity contribution in [1.29, 1.82) is 0 Å². The molecule has 0 aliphatic carbocycles. The van der Waals surface area contributed by atoms with Gasteiger partial charge in [-0.1, -0.05) is 48.3 Å². The number of rotatable bonds is 9. The fourth-order valence-corrected chi connectivity index (χ4v) is 5.53. The normalized spacial score (nSPS) is 18.0. The molecule has 2 aliphatic rings. The van der Waals surface area contributed by atoms with Crippen LogP contribution in [0, 0.1) is 0 Å². The summed E-state index contributed by atoms with van der Waals surface area (Å²) in [7, 11) is 0. The minimum absolute atomic E-state index is 0. The highest BCUT2D eigenvalue weighted by Gasteiger charge is 2.29. The number of halogens is 4. The van der Waals surface area contributed by atoms with Crippen LogP contribution in [0.4, 0.5) is 0 Å². The molecule has 0 saturated carbocycles. The van der Waals surface area contributed by atoms with Gasteiger partial charge in [0.05, 0.1) is 6.04 Å². The largest absolute Gasteiger partial charge is 0.489 e. The highest BCUT2D eigenvalue weighted by atomic mass is 35.5. The number of amides is 1. The van der Waals surface area contributed by atoms with Gasteiger partial charge in [0, 0.05) is 29.7 Å². The quantitative estimate of drug-likeness (QED) is 0.369. The second kappa shape index (κ2) is 15.4. The van der Waals surface area contributed by atoms with Gasteiger partial charge in [0.2, 0.25) is 5.91 Å². The first-order chi connectivity index (χ1) is 16.9. The number of carbonyl (C=O) groups is 1. The third-order valence-electron chi connectivity index (χ3n) is 7.32. The Morgan fingerprint density at radius 1 is 1.00 bits per heavy atom. The monoisotopic (exact) mass is 589 g/mol. The molecule has 4 rings (SSSR count). The lowest BCUT2D eigenvalue weighted by atomic mass is 9.88. The molecule has 0 radical (unpaired) electrons. The fraction of sp³-hybridized carbons (Fsp3) is 0.536. The first-order valence-corrected chi connectivity index (χ1v) is 13.7. The SMILES string of the molecule is CC[C@@H](CN1CCCC1)Oc1cc(Cl)ccc1C1CCN(C(=O)[C@H](N)Cc2ccc(Cl)cc2)CC1.Cl.Cl. The minimum atomic E-state index is -0.543. The summed E-state index contributed by atoms with van der Waals surface area (Å²) in [6, 6.07) is 13.0. The number of likely N-dealkylation sites (tertiary alicyclic amines) is 2. The summed E-state index contributed by atoms with van der Waals surface area (Å²) in [6.45, 7) is 6.86. The average molecular weight is 591 g/mol. The van der Waals surface area contributed by atoms with E-state index in [4.69, 9.17) is 33.7 Å². The number of carbonyl (C=O) groups excluding carboxylic acids is 1. The van der Waals surface area contributed by atoms with E-state index in [1.54, 1.807) is 0 Å². The van der Waals surface area contributed by atoms with Crippen molar-refractivity contribution < 1.29 is 9.53 Å². The third-order valence-corrected chi connectivity index (χ3v) is 7.80. The molecule has 37 heavy (non-hydrogen) atoms. The fourth-order valence-electron chi connectivity index (χ4n) is 5.24. The highest BCUT2D eigenvalue weighted by molar-refractivity contribution is 6.30. The topological polar surface area (TPSA) is 58.8 Å². The molecule has 2 heterocycles. The van der Waals surface area contributed by atoms with E-state index in [9.17, 15) is 4.79 Å². The zero-order chi connectivity index (χ0) is 24.8. The van der Waals surface area contributed by atoms with Crippen molar-refractivity contribution in [2.75, 3.05) is 32.7 Å². The second-order valence-corrected chi connectivity index (χ2v) is 10.7. The van der Waals surface area contributed by atoms with Gasteiger partial charge in [0.15, 0.2) is 0 Å². The van der Waals surface area contributed by atoms with Crippen LogP contribution >= 0.6 is 48.0 Å². The van der Waals surface area contributed by atoms with E-state index in [1.807, 2.05) is 41.3 Å². The van der Waals surface area contributed by atoms with Gasteiger partial charge in [-0.2, -0.15) is 0 Å². The van der Waals surface area contributed by atoms with Gasteiger partial charge < -0.3 is 15.4 Å². The van der Waals surface area contributed by atoms with Crippen LogP contribution in [0.1, 0.15) is 56.1 Å². The van der Waals surface area contributed by atoms with Crippen molar-refractivity contribution in [3.05, 3.63) is 63.6 Å². The number of nitrogens with two attached hydrogens (primary N) is 1. The predicted molar refractivity (Wildman–Crippen MR) is 158 cm³/mol. The summed E-state index contributed by atoms with van der Waals surface area (Å²) in [5, 5.41) is 1.38. The molecule has 0 unspecified atom stereocenters. The van der Waals surface area contributed by atoms with E-state index in [2.05, 4.69) is 17.9 Å². The maximum absolute atomic E-state index is 13.0. The molecule has 2 aromatic carbocycles. The van der Waals surface area contributed by atoms with Crippen molar-refractivity contribution in [2.24, 2.45) is 5.73 Å². The van der Waals surface area contributed by atoms with Crippen LogP contribution in [0.5, 0.6) is 5.75 Å². The number of nitrogens with zero attached hydrogens (tertiary/aromatic N) is 2. The summed E-state index contributed by atoms with van der Waals surface area (Å²) < 4.78 is 6.54. The molecule has 5 nitrogen and oxygen atoms in total. The molecule has 2 N–H and O–H groups in total. The van der Waals surface area contributed by atoms with Crippen LogP contribution in [-0.2, 0) is 11.2 Å². The molecule has 206 valence electrons. The smallest absolute Gasteiger partial charge is 0.239 e. The Bertz CT molecular complexity index is 978. The summed E-state index contributed by atoms with van der Waals surface area (Å²) in [5.41, 5.74) is 8.50. The molecule has 0 spiro atoms. The zero-order valence-corrected chi connectivity index (χ0v) is 24.6. The van der Waals surface area contributed by atoms with Crippen molar-refractivity contribution >= 4 is 53.9 Å². The molecule has 2 aromatic rings. The maximum atomic E-state index is 13.0. The lowest BCUT2D eigenvalue weighted by Gasteiger charge is -2.35. The number of hydrogen-bond donors (Lipinski definition) is 1. The Kier molecular flexibility index (Phi) is 13.3. The highest BCUT2D eigenvalue weighted by Crippen LogP contribution is 2.37. The van der Waals surface area contributed by atoms with Crippen molar-refractivity contribution in [2.45, 2.75) is 63.5 Å². The first kappa shape index (κ1) is 32.0. The molecule has 9 heteroatoms. The average Bonchev–Trinajstić information content (AvgIpc) is 3.38. The Morgan fingerprint density at radius 2 is 1.62 bits per heavy atom. The van der Waals surface area contributed by atoms with E-state index in [0.29, 0.717) is 35.5 Å². The molecule has 2 atom stereocenters. The lowest BCUT2D eigenvalue weighted by molar-refractivity contribution is -0.133. The summed E-state index contributed by atoms with van der Waals surface area (Å²) in [5.74, 6) is 1.25. The Labute approximate surface area is 243 Å². The summed E-state index contributed by atoms with van der Waals surface area (Å²) >= 11 is 12.3. The van der Waals surface area contributed by atoms with Gasteiger partial charge in [-0.15, -0.1) is 24.8 Å². The van der Waals surface area contributed by atoms with Crippen LogP contribution in [0.15, 0.2) is 42.5 Å². The van der Waals surface area contributed by atoms with E-state index in [0.717, 1.165) is 50.2 Å². The van der Waals surface area contributed by atoms with Gasteiger partial charge in [-0.3, -0.25) is 9.69 Å². The number of benzene rings is 2. The Morgan fingerprint density at radius 3 is 2.24 bits per heavy atom. The molecule has 1 amide bonds. The molecule has 0 bridgehead atoms. The van der Waals surface area contributed by atoms with Crippen LogP contribution < -0.4 is 10.5 Å². The van der Waals surface area contributed by atoms with Crippen LogP contribution in [-0.4, -0.2) is 60.6 Å². The van der Waals surface area contributed by atoms with Crippen LogP contribution in [0.3, 0.4) is 0 Å². The molecule has 2 saturated heterocycles. The van der Waals surface area contributed by atoms with E-state index < -0.39 is 6.04 Å². The van der Waals surface area contributed by atoms with Crippen molar-refractivity contribution in [3.63, 3.8) is 0 Å². The molecular weight excluding hydrogens is 552 g/mol. The second-order valence-electron chi connectivity index (χ2n) is 9.87. The molecular formula is C28H39Cl4N3O2. The van der Waals surface area contributed by atoms with Crippen LogP contribution in [0.2, 0.25) is 10.0 Å². The Balaban J connectivity index is 0.00000241. The minimum Gasteiger partial charge on any atom is -0.489 e. The van der Waals surface area contributed by atoms with Gasteiger partial charge in [0.25, 0.3) is 0 Å². The van der Waals surface area contributed by atoms with Crippen LogP contribution in [0.25, 0.3) is 0 Å². The predicted octanol–water partition coefficient (Wildman–Crippen LogP) is 6.37.